The summed E-state index contributed by atoms with van der Waals surface area (Å²) >= 11 is 0. The van der Waals surface area contributed by atoms with Gasteiger partial charge in [0.05, 0.1) is 17.9 Å². The number of para-hydroxylation sites is 1. The van der Waals surface area contributed by atoms with E-state index in [4.69, 9.17) is 4.74 Å². The molecular weight excluding hydrogens is 467 g/mol. The lowest BCUT2D eigenvalue weighted by atomic mass is 10.0. The molecule has 190 valence electrons. The van der Waals surface area contributed by atoms with Gasteiger partial charge >= 0.3 is 23.8 Å². The second-order valence-electron chi connectivity index (χ2n) is 8.77. The molecule has 0 saturated carbocycles. The molecule has 2 heterocycles. The molecule has 0 atom stereocenters. The smallest absolute Gasteiger partial charge is 0.340 e. The molecule has 0 aromatic heterocycles. The molecule has 4 rings (SSSR count). The zero-order valence-electron chi connectivity index (χ0n) is 20.1. The van der Waals surface area contributed by atoms with E-state index in [0.717, 1.165) is 0 Å². The fourth-order valence-corrected chi connectivity index (χ4v) is 4.60. The van der Waals surface area contributed by atoms with Gasteiger partial charge in [-0.3, -0.25) is 9.59 Å². The molecule has 4 amide bonds. The number of piperazine rings is 1. The molecule has 0 bridgehead atoms. The van der Waals surface area contributed by atoms with E-state index in [1.54, 1.807) is 53.1 Å². The normalized spacial score (nSPS) is 16.8. The number of nitrogens with zero attached hydrogens (tertiary/aromatic N) is 3. The summed E-state index contributed by atoms with van der Waals surface area (Å²) < 4.78 is 18.5. The first kappa shape index (κ1) is 25.2. The van der Waals surface area contributed by atoms with Crippen molar-refractivity contribution in [2.75, 3.05) is 38.1 Å². The van der Waals surface area contributed by atoms with Crippen molar-refractivity contribution < 1.29 is 28.3 Å². The zero-order valence-corrected chi connectivity index (χ0v) is 20.1. The first-order valence-corrected chi connectivity index (χ1v) is 12.0. The highest BCUT2D eigenvalue weighted by Crippen LogP contribution is 2.22. The van der Waals surface area contributed by atoms with E-state index < -0.39 is 17.8 Å². The molecule has 2 aromatic rings. The molecule has 0 unspecified atom stereocenters. The van der Waals surface area contributed by atoms with Gasteiger partial charge in [-0.15, -0.1) is 0 Å². The SMILES string of the molecule is CCOC(=O)c1ccccc1NC(=O)N1CCC(N2CCN(Cc3cccc(F)c3)C(=O)C2=O)CC1. The van der Waals surface area contributed by atoms with E-state index in [1.165, 1.54) is 17.0 Å². The molecular formula is C26H29FN4O5. The van der Waals surface area contributed by atoms with Crippen LogP contribution in [0.2, 0.25) is 0 Å². The van der Waals surface area contributed by atoms with Crippen molar-refractivity contribution in [3.05, 3.63) is 65.5 Å². The number of benzene rings is 2. The van der Waals surface area contributed by atoms with Gasteiger partial charge in [-0.05, 0) is 49.6 Å². The number of hydrogen-bond acceptors (Lipinski definition) is 5. The lowest BCUT2D eigenvalue weighted by Crippen LogP contribution is -2.59. The standard InChI is InChI=1S/C26H29FN4O5/c1-2-36-25(34)21-8-3-4-9-22(21)28-26(35)29-12-10-20(11-13-29)31-15-14-30(23(32)24(31)33)17-18-6-5-7-19(27)16-18/h3-9,16,20H,2,10-15,17H2,1H3,(H,28,35). The zero-order chi connectivity index (χ0) is 25.7. The lowest BCUT2D eigenvalue weighted by Gasteiger charge is -2.42. The highest BCUT2D eigenvalue weighted by atomic mass is 19.1. The summed E-state index contributed by atoms with van der Waals surface area (Å²) in [5, 5.41) is 2.78. The Labute approximate surface area is 208 Å². The topological polar surface area (TPSA) is 99.3 Å². The second kappa shape index (κ2) is 11.2. The van der Waals surface area contributed by atoms with Crippen molar-refractivity contribution in [1.29, 1.82) is 0 Å². The van der Waals surface area contributed by atoms with E-state index in [0.29, 0.717) is 50.3 Å². The number of carbonyl (C=O) groups is 4. The molecule has 9 nitrogen and oxygen atoms in total. The summed E-state index contributed by atoms with van der Waals surface area (Å²) in [4.78, 5) is 55.2. The number of hydrogen-bond donors (Lipinski definition) is 1. The molecule has 2 aliphatic rings. The van der Waals surface area contributed by atoms with Gasteiger partial charge in [0.1, 0.15) is 5.82 Å². The first-order chi connectivity index (χ1) is 17.4. The number of carbonyl (C=O) groups excluding carboxylic acids is 4. The molecule has 0 radical (unpaired) electrons. The molecule has 2 saturated heterocycles. The number of rotatable bonds is 6. The van der Waals surface area contributed by atoms with E-state index in [2.05, 4.69) is 5.32 Å². The second-order valence-corrected chi connectivity index (χ2v) is 8.77. The van der Waals surface area contributed by atoms with Gasteiger partial charge in [-0.2, -0.15) is 0 Å². The summed E-state index contributed by atoms with van der Waals surface area (Å²) in [6, 6.07) is 12.2. The lowest BCUT2D eigenvalue weighted by molar-refractivity contribution is -0.158. The van der Waals surface area contributed by atoms with Crippen LogP contribution >= 0.6 is 0 Å². The summed E-state index contributed by atoms with van der Waals surface area (Å²) in [7, 11) is 0. The Balaban J connectivity index is 1.31. The van der Waals surface area contributed by atoms with Crippen LogP contribution in [0.3, 0.4) is 0 Å². The van der Waals surface area contributed by atoms with E-state index in [-0.39, 0.29) is 36.6 Å². The minimum Gasteiger partial charge on any atom is -0.462 e. The van der Waals surface area contributed by atoms with E-state index >= 15 is 0 Å². The molecule has 0 spiro atoms. The van der Waals surface area contributed by atoms with Crippen LogP contribution in [0.15, 0.2) is 48.5 Å². The third-order valence-corrected chi connectivity index (χ3v) is 6.46. The van der Waals surface area contributed by atoms with Crippen molar-refractivity contribution in [3.63, 3.8) is 0 Å². The van der Waals surface area contributed by atoms with Gasteiger partial charge < -0.3 is 24.8 Å². The summed E-state index contributed by atoms with van der Waals surface area (Å²) in [6.07, 6.45) is 1.08. The maximum absolute atomic E-state index is 13.5. The van der Waals surface area contributed by atoms with Gasteiger partial charge in [0.2, 0.25) is 0 Å². The number of halogens is 1. The van der Waals surface area contributed by atoms with Gasteiger partial charge in [-0.1, -0.05) is 24.3 Å². The number of urea groups is 1. The van der Waals surface area contributed by atoms with Crippen LogP contribution in [0.4, 0.5) is 14.9 Å². The van der Waals surface area contributed by atoms with Gasteiger partial charge in [0.25, 0.3) is 0 Å². The average molecular weight is 497 g/mol. The van der Waals surface area contributed by atoms with E-state index in [9.17, 15) is 23.6 Å². The van der Waals surface area contributed by atoms with Crippen LogP contribution < -0.4 is 5.32 Å². The molecule has 2 aromatic carbocycles. The molecule has 1 N–H and O–H groups in total. The summed E-state index contributed by atoms with van der Waals surface area (Å²) in [6.45, 7) is 3.70. The maximum atomic E-state index is 13.5. The molecule has 2 fully saturated rings. The fraction of sp³-hybridized carbons (Fsp3) is 0.385. The van der Waals surface area contributed by atoms with Crippen molar-refractivity contribution in [2.45, 2.75) is 32.4 Å². The van der Waals surface area contributed by atoms with Gasteiger partial charge in [-0.25, -0.2) is 14.0 Å². The number of amides is 4. The van der Waals surface area contributed by atoms with Gasteiger partial charge in [0, 0.05) is 38.8 Å². The number of esters is 1. The van der Waals surface area contributed by atoms with Crippen molar-refractivity contribution in [2.24, 2.45) is 0 Å². The van der Waals surface area contributed by atoms with Crippen molar-refractivity contribution >= 4 is 29.5 Å². The van der Waals surface area contributed by atoms with Crippen molar-refractivity contribution in [1.82, 2.24) is 14.7 Å². The van der Waals surface area contributed by atoms with Crippen LogP contribution in [0.25, 0.3) is 0 Å². The highest BCUT2D eigenvalue weighted by Gasteiger charge is 2.38. The first-order valence-electron chi connectivity index (χ1n) is 12.0. The van der Waals surface area contributed by atoms with Crippen LogP contribution in [0.1, 0.15) is 35.7 Å². The highest BCUT2D eigenvalue weighted by molar-refractivity contribution is 6.35. The van der Waals surface area contributed by atoms with Crippen LogP contribution in [0, 0.1) is 5.82 Å². The number of likely N-dealkylation sites (tertiary alicyclic amines) is 1. The molecule has 10 heteroatoms. The summed E-state index contributed by atoms with van der Waals surface area (Å²) in [5.74, 6) is -2.05. The Morgan fingerprint density at radius 3 is 2.47 bits per heavy atom. The molecule has 0 aliphatic carbocycles. The third kappa shape index (κ3) is 5.64. The van der Waals surface area contributed by atoms with E-state index in [1.807, 2.05) is 0 Å². The number of piperidine rings is 1. The fourth-order valence-electron chi connectivity index (χ4n) is 4.60. The van der Waals surface area contributed by atoms with Crippen LogP contribution in [-0.2, 0) is 20.9 Å². The Morgan fingerprint density at radius 2 is 1.75 bits per heavy atom. The van der Waals surface area contributed by atoms with Crippen molar-refractivity contribution in [3.8, 4) is 0 Å². The Bertz CT molecular complexity index is 1150. The third-order valence-electron chi connectivity index (χ3n) is 6.46. The maximum Gasteiger partial charge on any atom is 0.340 e. The minimum atomic E-state index is -0.596. The van der Waals surface area contributed by atoms with Gasteiger partial charge in [0.15, 0.2) is 0 Å². The summed E-state index contributed by atoms with van der Waals surface area (Å²) in [5.41, 5.74) is 1.29. The number of nitrogens with one attached hydrogen (secondary N) is 1. The van der Waals surface area contributed by atoms with Crippen LogP contribution in [-0.4, -0.2) is 77.3 Å². The molecule has 36 heavy (non-hydrogen) atoms. The quantitative estimate of drug-likeness (QED) is 0.490. The Kier molecular flexibility index (Phi) is 7.82. The number of ether oxygens (including phenoxy) is 1. The predicted molar refractivity (Wildman–Crippen MR) is 130 cm³/mol. The Hall–Kier alpha value is -3.95. The van der Waals surface area contributed by atoms with Crippen LogP contribution in [0.5, 0.6) is 0 Å². The number of anilines is 1. The molecule has 2 aliphatic heterocycles. The predicted octanol–water partition coefficient (Wildman–Crippen LogP) is 2.87. The largest absolute Gasteiger partial charge is 0.462 e. The average Bonchev–Trinajstić information content (AvgIpc) is 2.87. The monoisotopic (exact) mass is 496 g/mol. The minimum absolute atomic E-state index is 0.145. The Morgan fingerprint density at radius 1 is 1.00 bits per heavy atom.